The van der Waals surface area contributed by atoms with Crippen LogP contribution in [0.4, 0.5) is 5.69 Å². The first-order chi connectivity index (χ1) is 18.0. The van der Waals surface area contributed by atoms with E-state index in [9.17, 15) is 8.42 Å². The molecule has 2 saturated heterocycles. The topological polar surface area (TPSA) is 111 Å². The number of H-pyrrole nitrogens is 1. The lowest BCUT2D eigenvalue weighted by Crippen LogP contribution is -2.42. The zero-order valence-electron chi connectivity index (χ0n) is 20.6. The lowest BCUT2D eigenvalue weighted by Gasteiger charge is -2.23. The molecule has 37 heavy (non-hydrogen) atoms. The van der Waals surface area contributed by atoms with Gasteiger partial charge in [0.2, 0.25) is 10.0 Å². The minimum atomic E-state index is -3.54. The van der Waals surface area contributed by atoms with E-state index in [0.717, 1.165) is 78.8 Å². The SMILES string of the molecule is O=S(=O)(NC1CCNCC1)c1ccc(-c2cc3c([nH]2)=NCN(c2cccc(OC4CCNC4)c2)C=3)cc1. The molecule has 0 radical (unpaired) electrons. The van der Waals surface area contributed by atoms with Gasteiger partial charge >= 0.3 is 0 Å². The Balaban J connectivity index is 1.18. The molecular formula is C27H32N6O3S. The average molecular weight is 521 g/mol. The summed E-state index contributed by atoms with van der Waals surface area (Å²) in [5.41, 5.74) is 3.65. The second-order valence-electron chi connectivity index (χ2n) is 9.79. The molecule has 4 heterocycles. The van der Waals surface area contributed by atoms with Gasteiger partial charge in [-0.1, -0.05) is 18.2 Å². The highest BCUT2D eigenvalue weighted by Crippen LogP contribution is 2.24. The highest BCUT2D eigenvalue weighted by Gasteiger charge is 2.22. The quantitative estimate of drug-likeness (QED) is 0.374. The zero-order chi connectivity index (χ0) is 25.2. The molecule has 6 rings (SSSR count). The first-order valence-corrected chi connectivity index (χ1v) is 14.3. The molecule has 1 aromatic heterocycles. The van der Waals surface area contributed by atoms with E-state index >= 15 is 0 Å². The smallest absolute Gasteiger partial charge is 0.240 e. The van der Waals surface area contributed by atoms with E-state index in [1.54, 1.807) is 12.1 Å². The first-order valence-electron chi connectivity index (χ1n) is 12.9. The molecule has 0 amide bonds. The Kier molecular flexibility index (Phi) is 6.72. The minimum absolute atomic E-state index is 0.0203. The van der Waals surface area contributed by atoms with Gasteiger partial charge in [-0.25, -0.2) is 18.1 Å². The summed E-state index contributed by atoms with van der Waals surface area (Å²) in [5, 5.41) is 7.57. The van der Waals surface area contributed by atoms with E-state index in [1.807, 2.05) is 30.3 Å². The van der Waals surface area contributed by atoms with E-state index in [1.165, 1.54) is 0 Å². The number of anilines is 1. The predicted molar refractivity (Wildman–Crippen MR) is 143 cm³/mol. The number of fused-ring (bicyclic) bond motifs is 1. The Morgan fingerprint density at radius 3 is 2.57 bits per heavy atom. The maximum atomic E-state index is 12.8. The van der Waals surface area contributed by atoms with Crippen LogP contribution >= 0.6 is 0 Å². The molecule has 2 fully saturated rings. The molecule has 0 aliphatic carbocycles. The van der Waals surface area contributed by atoms with Crippen LogP contribution in [0.2, 0.25) is 0 Å². The molecule has 0 saturated carbocycles. The molecule has 194 valence electrons. The van der Waals surface area contributed by atoms with Crippen molar-refractivity contribution < 1.29 is 13.2 Å². The van der Waals surface area contributed by atoms with E-state index in [-0.39, 0.29) is 17.0 Å². The molecule has 2 aromatic carbocycles. The summed E-state index contributed by atoms with van der Waals surface area (Å²) in [6, 6.07) is 17.1. The number of nitrogens with zero attached hydrogens (tertiary/aromatic N) is 2. The van der Waals surface area contributed by atoms with Crippen molar-refractivity contribution in [2.75, 3.05) is 37.7 Å². The summed E-state index contributed by atoms with van der Waals surface area (Å²) in [6.07, 6.45) is 4.92. The van der Waals surface area contributed by atoms with Crippen LogP contribution in [0.25, 0.3) is 17.5 Å². The van der Waals surface area contributed by atoms with Gasteiger partial charge in [0.25, 0.3) is 0 Å². The number of nitrogens with one attached hydrogen (secondary N) is 4. The van der Waals surface area contributed by atoms with Crippen molar-refractivity contribution in [3.8, 4) is 17.0 Å². The summed E-state index contributed by atoms with van der Waals surface area (Å²) in [4.78, 5) is 10.5. The van der Waals surface area contributed by atoms with Crippen molar-refractivity contribution in [2.24, 2.45) is 4.99 Å². The molecule has 9 nitrogen and oxygen atoms in total. The van der Waals surface area contributed by atoms with Crippen molar-refractivity contribution >= 4 is 21.9 Å². The lowest BCUT2D eigenvalue weighted by molar-refractivity contribution is 0.223. The molecule has 0 spiro atoms. The molecule has 4 N–H and O–H groups in total. The highest BCUT2D eigenvalue weighted by molar-refractivity contribution is 7.89. The Hall–Kier alpha value is -3.18. The summed E-state index contributed by atoms with van der Waals surface area (Å²) in [5.74, 6) is 0.866. The van der Waals surface area contributed by atoms with E-state index in [4.69, 9.17) is 9.73 Å². The Morgan fingerprint density at radius 2 is 1.78 bits per heavy atom. The van der Waals surface area contributed by atoms with Crippen LogP contribution in [0.5, 0.6) is 5.75 Å². The third kappa shape index (κ3) is 5.42. The zero-order valence-corrected chi connectivity index (χ0v) is 21.4. The van der Waals surface area contributed by atoms with Crippen molar-refractivity contribution in [3.05, 3.63) is 65.3 Å². The van der Waals surface area contributed by atoms with Gasteiger partial charge in [0.1, 0.15) is 24.0 Å². The summed E-state index contributed by atoms with van der Waals surface area (Å²) in [6.45, 7) is 4.05. The monoisotopic (exact) mass is 520 g/mol. The minimum Gasteiger partial charge on any atom is -0.489 e. The number of sulfonamides is 1. The molecule has 3 aromatic rings. The largest absolute Gasteiger partial charge is 0.489 e. The molecule has 1 atom stereocenters. The number of rotatable bonds is 7. The van der Waals surface area contributed by atoms with Crippen molar-refractivity contribution in [2.45, 2.75) is 36.3 Å². The van der Waals surface area contributed by atoms with Crippen LogP contribution in [0, 0.1) is 0 Å². The molecule has 3 aliphatic rings. The number of ether oxygens (including phenoxy) is 1. The second kappa shape index (κ2) is 10.3. The highest BCUT2D eigenvalue weighted by atomic mass is 32.2. The van der Waals surface area contributed by atoms with Gasteiger partial charge in [0, 0.05) is 41.5 Å². The molecular weight excluding hydrogens is 488 g/mol. The standard InChI is InChI=1S/C27H32N6O3S/c34-37(35,32-21-8-11-28-12-9-21)25-6-4-19(5-7-25)26-14-20-17-33(18-30-27(20)31-26)22-2-1-3-23(15-22)36-24-10-13-29-16-24/h1-7,14-15,17,21,24,28-29,32H,8-13,16,18H2,(H,30,31). The van der Waals surface area contributed by atoms with Crippen LogP contribution in [0.3, 0.4) is 0 Å². The molecule has 3 aliphatic heterocycles. The summed E-state index contributed by atoms with van der Waals surface area (Å²) >= 11 is 0. The van der Waals surface area contributed by atoms with Gasteiger partial charge in [-0.05, 0) is 74.8 Å². The number of aromatic amines is 1. The van der Waals surface area contributed by atoms with Crippen molar-refractivity contribution in [1.29, 1.82) is 0 Å². The molecule has 10 heteroatoms. The van der Waals surface area contributed by atoms with Crippen molar-refractivity contribution in [3.63, 3.8) is 0 Å². The van der Waals surface area contributed by atoms with Crippen LogP contribution in [-0.2, 0) is 10.0 Å². The Labute approximate surface area is 216 Å². The fourth-order valence-corrected chi connectivity index (χ4v) is 6.36. The first kappa shape index (κ1) is 24.2. The van der Waals surface area contributed by atoms with Crippen LogP contribution in [-0.4, -0.2) is 58.4 Å². The van der Waals surface area contributed by atoms with E-state index in [2.05, 4.69) is 43.6 Å². The maximum Gasteiger partial charge on any atom is 0.240 e. The van der Waals surface area contributed by atoms with Gasteiger partial charge in [0.05, 0.1) is 4.90 Å². The number of aromatic nitrogens is 1. The fourth-order valence-electron chi connectivity index (χ4n) is 5.05. The molecule has 1 unspecified atom stereocenters. The van der Waals surface area contributed by atoms with E-state index in [0.29, 0.717) is 6.67 Å². The predicted octanol–water partition coefficient (Wildman–Crippen LogP) is 1.29. The normalized spacial score (nSPS) is 20.2. The Morgan fingerprint density at radius 1 is 0.973 bits per heavy atom. The average Bonchev–Trinajstić information content (AvgIpc) is 3.59. The fraction of sp³-hybridized carbons (Fsp3) is 0.370. The number of hydrogen-bond donors (Lipinski definition) is 4. The van der Waals surface area contributed by atoms with Crippen LogP contribution in [0.15, 0.2) is 64.5 Å². The summed E-state index contributed by atoms with van der Waals surface area (Å²) in [7, 11) is -3.54. The van der Waals surface area contributed by atoms with Gasteiger partial charge < -0.3 is 25.3 Å². The number of benzene rings is 2. The third-order valence-corrected chi connectivity index (χ3v) is 8.64. The lowest BCUT2D eigenvalue weighted by atomic mass is 10.1. The van der Waals surface area contributed by atoms with Gasteiger partial charge in [-0.2, -0.15) is 0 Å². The second-order valence-corrected chi connectivity index (χ2v) is 11.5. The van der Waals surface area contributed by atoms with Crippen LogP contribution < -0.4 is 35.7 Å². The van der Waals surface area contributed by atoms with E-state index < -0.39 is 10.0 Å². The number of hydrogen-bond acceptors (Lipinski definition) is 7. The molecule has 0 bridgehead atoms. The number of piperidine rings is 1. The van der Waals surface area contributed by atoms with Gasteiger partial charge in [-0.3, -0.25) is 0 Å². The Bertz CT molecular complexity index is 1470. The van der Waals surface area contributed by atoms with Crippen LogP contribution in [0.1, 0.15) is 19.3 Å². The van der Waals surface area contributed by atoms with Gasteiger partial charge in [0.15, 0.2) is 0 Å². The third-order valence-electron chi connectivity index (χ3n) is 7.11. The van der Waals surface area contributed by atoms with Crippen molar-refractivity contribution in [1.82, 2.24) is 20.3 Å². The van der Waals surface area contributed by atoms with Gasteiger partial charge in [-0.15, -0.1) is 0 Å². The maximum absolute atomic E-state index is 12.8. The summed E-state index contributed by atoms with van der Waals surface area (Å²) < 4.78 is 34.6.